The fourth-order valence-corrected chi connectivity index (χ4v) is 1.31. The van der Waals surface area contributed by atoms with Gasteiger partial charge in [-0.15, -0.1) is 12.3 Å². The molecule has 1 rings (SSSR count). The Morgan fingerprint density at radius 2 is 2.50 bits per heavy atom. The maximum atomic E-state index is 5.27. The predicted molar refractivity (Wildman–Crippen MR) is 57.7 cm³/mol. The van der Waals surface area contributed by atoms with Crippen molar-refractivity contribution in [2.24, 2.45) is 0 Å². The number of imidazole rings is 1. The van der Waals surface area contributed by atoms with Crippen LogP contribution in [0.3, 0.4) is 0 Å². The van der Waals surface area contributed by atoms with E-state index in [0.717, 1.165) is 30.8 Å². The van der Waals surface area contributed by atoms with Gasteiger partial charge in [0.25, 0.3) is 0 Å². The molecule has 0 aromatic carbocycles. The van der Waals surface area contributed by atoms with Crippen LogP contribution < -0.4 is 5.32 Å². The van der Waals surface area contributed by atoms with Crippen LogP contribution in [0.1, 0.15) is 31.2 Å². The first kappa shape index (κ1) is 10.8. The maximum Gasteiger partial charge on any atom is 0.0925 e. The van der Waals surface area contributed by atoms with Crippen molar-refractivity contribution in [1.29, 1.82) is 0 Å². The van der Waals surface area contributed by atoms with E-state index in [-0.39, 0.29) is 0 Å². The zero-order valence-electron chi connectivity index (χ0n) is 8.80. The molecule has 14 heavy (non-hydrogen) atoms. The van der Waals surface area contributed by atoms with Gasteiger partial charge in [-0.05, 0) is 13.3 Å². The van der Waals surface area contributed by atoms with Crippen molar-refractivity contribution in [3.05, 3.63) is 17.7 Å². The van der Waals surface area contributed by atoms with Crippen LogP contribution in [0.15, 0.2) is 6.33 Å². The minimum atomic E-state index is 0.399. The lowest BCUT2D eigenvalue weighted by Crippen LogP contribution is -2.27. The molecule has 0 aliphatic rings. The van der Waals surface area contributed by atoms with E-state index in [1.165, 1.54) is 0 Å². The molecule has 1 aromatic rings. The average Bonchev–Trinajstić information content (AvgIpc) is 2.59. The number of aromatic nitrogens is 2. The largest absolute Gasteiger partial charge is 0.348 e. The lowest BCUT2D eigenvalue weighted by atomic mass is 10.1. The fraction of sp³-hybridized carbons (Fsp3) is 0.545. The molecule has 0 saturated carbocycles. The Morgan fingerprint density at radius 1 is 1.71 bits per heavy atom. The molecule has 1 unspecified atom stereocenters. The van der Waals surface area contributed by atoms with E-state index in [2.05, 4.69) is 28.1 Å². The first-order valence-electron chi connectivity index (χ1n) is 4.93. The smallest absolute Gasteiger partial charge is 0.0925 e. The first-order valence-corrected chi connectivity index (χ1v) is 4.93. The van der Waals surface area contributed by atoms with Gasteiger partial charge < -0.3 is 10.3 Å². The molecular formula is C11H17N3. The van der Waals surface area contributed by atoms with Crippen molar-refractivity contribution in [1.82, 2.24) is 15.3 Å². The van der Waals surface area contributed by atoms with Crippen LogP contribution in [0.25, 0.3) is 0 Å². The summed E-state index contributed by atoms with van der Waals surface area (Å²) in [5.41, 5.74) is 2.19. The molecule has 0 fully saturated rings. The molecule has 0 radical (unpaired) electrons. The highest BCUT2D eigenvalue weighted by Gasteiger charge is 2.05. The normalized spacial score (nSPS) is 12.4. The second-order valence-corrected chi connectivity index (χ2v) is 3.37. The van der Waals surface area contributed by atoms with E-state index in [1.54, 1.807) is 6.33 Å². The van der Waals surface area contributed by atoms with E-state index < -0.39 is 0 Å². The monoisotopic (exact) mass is 191 g/mol. The van der Waals surface area contributed by atoms with Crippen molar-refractivity contribution in [2.75, 3.05) is 0 Å². The zero-order chi connectivity index (χ0) is 10.4. The number of nitrogens with one attached hydrogen (secondary N) is 2. The molecule has 3 heteroatoms. The van der Waals surface area contributed by atoms with Gasteiger partial charge >= 0.3 is 0 Å². The highest BCUT2D eigenvalue weighted by Crippen LogP contribution is 2.02. The third kappa shape index (κ3) is 2.90. The highest BCUT2D eigenvalue weighted by atomic mass is 15.0. The second kappa shape index (κ2) is 5.46. The minimum Gasteiger partial charge on any atom is -0.348 e. The summed E-state index contributed by atoms with van der Waals surface area (Å²) in [5, 5.41) is 3.39. The van der Waals surface area contributed by atoms with Crippen molar-refractivity contribution >= 4 is 0 Å². The molecule has 0 aliphatic heterocycles. The maximum absolute atomic E-state index is 5.27. The predicted octanol–water partition coefficient (Wildman–Crippen LogP) is 1.61. The zero-order valence-corrected chi connectivity index (χ0v) is 8.80. The fourth-order valence-electron chi connectivity index (χ4n) is 1.31. The molecule has 0 bridgehead atoms. The molecule has 1 aromatic heterocycles. The third-order valence-electron chi connectivity index (χ3n) is 2.35. The molecular weight excluding hydrogens is 174 g/mol. The number of terminal acetylenes is 1. The number of nitrogens with zero attached hydrogens (tertiary/aromatic N) is 1. The SMILES string of the molecule is C#CCC(CC)NCc1nc[nH]c1C. The Bertz CT molecular complexity index is 309. The van der Waals surface area contributed by atoms with E-state index in [9.17, 15) is 0 Å². The van der Waals surface area contributed by atoms with Gasteiger partial charge in [-0.25, -0.2) is 4.98 Å². The number of H-pyrrole nitrogens is 1. The number of aromatic amines is 1. The van der Waals surface area contributed by atoms with Crippen LogP contribution in [-0.2, 0) is 6.54 Å². The minimum absolute atomic E-state index is 0.399. The summed E-state index contributed by atoms with van der Waals surface area (Å²) in [6.07, 6.45) is 8.82. The summed E-state index contributed by atoms with van der Waals surface area (Å²) >= 11 is 0. The van der Waals surface area contributed by atoms with Crippen LogP contribution in [0.5, 0.6) is 0 Å². The molecule has 3 nitrogen and oxygen atoms in total. The van der Waals surface area contributed by atoms with Crippen LogP contribution in [-0.4, -0.2) is 16.0 Å². The van der Waals surface area contributed by atoms with Gasteiger partial charge in [-0.1, -0.05) is 6.92 Å². The summed E-state index contributed by atoms with van der Waals surface area (Å²) in [6.45, 7) is 4.94. The van der Waals surface area contributed by atoms with E-state index >= 15 is 0 Å². The molecule has 2 N–H and O–H groups in total. The van der Waals surface area contributed by atoms with Gasteiger partial charge in [0.05, 0.1) is 12.0 Å². The Labute approximate surface area is 85.3 Å². The molecule has 1 heterocycles. The van der Waals surface area contributed by atoms with Gasteiger partial charge in [0.15, 0.2) is 0 Å². The van der Waals surface area contributed by atoms with E-state index in [4.69, 9.17) is 6.42 Å². The Morgan fingerprint density at radius 3 is 3.00 bits per heavy atom. The summed E-state index contributed by atoms with van der Waals surface area (Å²) < 4.78 is 0. The molecule has 0 aliphatic carbocycles. The number of hydrogen-bond donors (Lipinski definition) is 2. The summed E-state index contributed by atoms with van der Waals surface area (Å²) in [5.74, 6) is 2.67. The quantitative estimate of drug-likeness (QED) is 0.694. The van der Waals surface area contributed by atoms with Gasteiger partial charge in [-0.2, -0.15) is 0 Å². The van der Waals surface area contributed by atoms with Crippen LogP contribution in [0.2, 0.25) is 0 Å². The molecule has 0 saturated heterocycles. The van der Waals surface area contributed by atoms with Crippen molar-refractivity contribution in [2.45, 2.75) is 39.3 Å². The molecule has 0 spiro atoms. The second-order valence-electron chi connectivity index (χ2n) is 3.37. The van der Waals surface area contributed by atoms with Gasteiger partial charge in [0.1, 0.15) is 0 Å². The van der Waals surface area contributed by atoms with Crippen LogP contribution in [0, 0.1) is 19.3 Å². The Hall–Kier alpha value is -1.27. The topological polar surface area (TPSA) is 40.7 Å². The molecule has 76 valence electrons. The lowest BCUT2D eigenvalue weighted by Gasteiger charge is -2.13. The average molecular weight is 191 g/mol. The van der Waals surface area contributed by atoms with Gasteiger partial charge in [0, 0.05) is 24.7 Å². The van der Waals surface area contributed by atoms with E-state index in [0.29, 0.717) is 6.04 Å². The van der Waals surface area contributed by atoms with Crippen LogP contribution in [0.4, 0.5) is 0 Å². The highest BCUT2D eigenvalue weighted by molar-refractivity contribution is 5.08. The van der Waals surface area contributed by atoms with Crippen LogP contribution >= 0.6 is 0 Å². The Kier molecular flexibility index (Phi) is 4.21. The number of hydrogen-bond acceptors (Lipinski definition) is 2. The standard InChI is InChI=1S/C11H17N3/c1-4-6-10(5-2)12-7-11-9(3)13-8-14-11/h1,8,10,12H,5-7H2,2-3H3,(H,13,14). The van der Waals surface area contributed by atoms with Gasteiger partial charge in [-0.3, -0.25) is 0 Å². The molecule has 0 amide bonds. The van der Waals surface area contributed by atoms with Gasteiger partial charge in [0.2, 0.25) is 0 Å². The Balaban J connectivity index is 2.40. The van der Waals surface area contributed by atoms with E-state index in [1.807, 2.05) is 6.92 Å². The summed E-state index contributed by atoms with van der Waals surface area (Å²) in [7, 11) is 0. The number of rotatable bonds is 5. The third-order valence-corrected chi connectivity index (χ3v) is 2.35. The number of aryl methyl sites for hydroxylation is 1. The summed E-state index contributed by atoms with van der Waals surface area (Å²) in [4.78, 5) is 7.26. The summed E-state index contributed by atoms with van der Waals surface area (Å²) in [6, 6.07) is 0.399. The van der Waals surface area contributed by atoms with Crippen molar-refractivity contribution in [3.8, 4) is 12.3 Å². The first-order chi connectivity index (χ1) is 6.77. The van der Waals surface area contributed by atoms with Crippen molar-refractivity contribution < 1.29 is 0 Å². The van der Waals surface area contributed by atoms with Crippen molar-refractivity contribution in [3.63, 3.8) is 0 Å². The lowest BCUT2D eigenvalue weighted by molar-refractivity contribution is 0.502. The molecule has 1 atom stereocenters.